The number of aromatic nitrogens is 4. The van der Waals surface area contributed by atoms with Gasteiger partial charge in [-0.05, 0) is 37.8 Å². The molecule has 2 aromatic rings. The molecule has 104 valence electrons. The van der Waals surface area contributed by atoms with Crippen LogP contribution in [0.3, 0.4) is 0 Å². The van der Waals surface area contributed by atoms with Gasteiger partial charge in [0, 0.05) is 18.2 Å². The summed E-state index contributed by atoms with van der Waals surface area (Å²) in [7, 11) is 0. The van der Waals surface area contributed by atoms with Crippen molar-refractivity contribution in [2.75, 3.05) is 5.75 Å². The number of carbonyl (C=O) groups excluding carboxylic acids is 1. The number of H-pyrrole nitrogens is 1. The van der Waals surface area contributed by atoms with Gasteiger partial charge in [0.2, 0.25) is 0 Å². The van der Waals surface area contributed by atoms with Crippen LogP contribution in [-0.4, -0.2) is 31.3 Å². The molecule has 2 aliphatic carbocycles. The highest BCUT2D eigenvalue weighted by atomic mass is 32.2. The second-order valence-corrected chi connectivity index (χ2v) is 6.45. The van der Waals surface area contributed by atoms with Gasteiger partial charge in [0.15, 0.2) is 10.9 Å². The number of carbonyl (C=O) groups is 1. The molecular weight excluding hydrogens is 272 g/mol. The van der Waals surface area contributed by atoms with Crippen molar-refractivity contribution in [1.29, 1.82) is 0 Å². The van der Waals surface area contributed by atoms with Crippen LogP contribution in [-0.2, 0) is 0 Å². The van der Waals surface area contributed by atoms with Crippen LogP contribution in [0.1, 0.15) is 54.0 Å². The number of rotatable bonds is 6. The summed E-state index contributed by atoms with van der Waals surface area (Å²) in [5.41, 5.74) is 0.664. The molecule has 1 N–H and O–H groups in total. The lowest BCUT2D eigenvalue weighted by molar-refractivity contribution is 0.101. The Hall–Kier alpha value is -1.56. The quantitative estimate of drug-likeness (QED) is 0.656. The van der Waals surface area contributed by atoms with Crippen LogP contribution < -0.4 is 0 Å². The number of thioether (sulfide) groups is 1. The van der Waals surface area contributed by atoms with Gasteiger partial charge in [0.25, 0.3) is 0 Å². The van der Waals surface area contributed by atoms with Crippen molar-refractivity contribution in [3.8, 4) is 0 Å². The van der Waals surface area contributed by atoms with Gasteiger partial charge in [0.05, 0.1) is 11.4 Å². The van der Waals surface area contributed by atoms with Crippen LogP contribution in [0, 0.1) is 0 Å². The number of nitrogens with one attached hydrogen (secondary N) is 1. The van der Waals surface area contributed by atoms with Crippen LogP contribution in [0.25, 0.3) is 0 Å². The van der Waals surface area contributed by atoms with Crippen LogP contribution in [0.15, 0.2) is 23.5 Å². The first kappa shape index (κ1) is 12.2. The zero-order chi connectivity index (χ0) is 13.5. The van der Waals surface area contributed by atoms with Crippen molar-refractivity contribution >= 4 is 17.5 Å². The lowest BCUT2D eigenvalue weighted by Gasteiger charge is -2.07. The maximum Gasteiger partial charge on any atom is 0.191 e. The van der Waals surface area contributed by atoms with Crippen LogP contribution in [0.4, 0.5) is 0 Å². The van der Waals surface area contributed by atoms with E-state index in [2.05, 4.69) is 19.7 Å². The second kappa shape index (κ2) is 4.77. The molecule has 2 aliphatic rings. The Balaban J connectivity index is 1.50. The van der Waals surface area contributed by atoms with Crippen molar-refractivity contribution in [2.24, 2.45) is 0 Å². The molecule has 5 nitrogen and oxygen atoms in total. The van der Waals surface area contributed by atoms with Crippen LogP contribution in [0.2, 0.25) is 0 Å². The average Bonchev–Trinajstić information content (AvgIpc) is 3.39. The molecular formula is C14H16N4OS. The average molecular weight is 288 g/mol. The fraction of sp³-hybridized carbons (Fsp3) is 0.500. The third-order valence-corrected chi connectivity index (χ3v) is 4.72. The molecule has 0 aromatic carbocycles. The second-order valence-electron chi connectivity index (χ2n) is 5.51. The first-order valence-corrected chi connectivity index (χ1v) is 8.05. The molecule has 2 fully saturated rings. The summed E-state index contributed by atoms with van der Waals surface area (Å²) < 4.78 is 2.28. The summed E-state index contributed by atoms with van der Waals surface area (Å²) in [5.74, 6) is 2.27. The number of aromatic amines is 1. The number of ketones is 1. The smallest absolute Gasteiger partial charge is 0.191 e. The predicted octanol–water partition coefficient (Wildman–Crippen LogP) is 2.79. The van der Waals surface area contributed by atoms with Crippen LogP contribution >= 0.6 is 11.8 Å². The Morgan fingerprint density at radius 2 is 2.20 bits per heavy atom. The van der Waals surface area contributed by atoms with Crippen molar-refractivity contribution in [3.63, 3.8) is 0 Å². The lowest BCUT2D eigenvalue weighted by atomic mass is 10.3. The highest BCUT2D eigenvalue weighted by molar-refractivity contribution is 7.99. The summed E-state index contributed by atoms with van der Waals surface area (Å²) in [6.45, 7) is 0. The topological polar surface area (TPSA) is 63.6 Å². The predicted molar refractivity (Wildman–Crippen MR) is 76.1 cm³/mol. The first-order valence-electron chi connectivity index (χ1n) is 7.07. The fourth-order valence-corrected chi connectivity index (χ4v) is 3.29. The lowest BCUT2D eigenvalue weighted by Crippen LogP contribution is -2.06. The minimum absolute atomic E-state index is 0.110. The Bertz CT molecular complexity index is 626. The van der Waals surface area contributed by atoms with Gasteiger partial charge < -0.3 is 9.55 Å². The zero-order valence-electron chi connectivity index (χ0n) is 11.1. The standard InChI is InChI=1S/C14H16N4OS/c19-12(11-2-1-7-15-11)8-20-14-17-16-13(9-3-4-9)18(14)10-5-6-10/h1-2,7,9-10,15H,3-6,8H2. The Labute approximate surface area is 121 Å². The zero-order valence-corrected chi connectivity index (χ0v) is 11.9. The van der Waals surface area contributed by atoms with E-state index in [-0.39, 0.29) is 5.78 Å². The van der Waals surface area contributed by atoms with Gasteiger partial charge >= 0.3 is 0 Å². The maximum absolute atomic E-state index is 12.0. The molecule has 2 aromatic heterocycles. The third-order valence-electron chi connectivity index (χ3n) is 3.78. The van der Waals surface area contributed by atoms with Gasteiger partial charge in [-0.1, -0.05) is 11.8 Å². The van der Waals surface area contributed by atoms with E-state index < -0.39 is 0 Å². The summed E-state index contributed by atoms with van der Waals surface area (Å²) in [4.78, 5) is 15.0. The number of hydrogen-bond donors (Lipinski definition) is 1. The van der Waals surface area contributed by atoms with Crippen molar-refractivity contribution in [2.45, 2.75) is 42.8 Å². The van der Waals surface area contributed by atoms with Gasteiger partial charge in [-0.2, -0.15) is 0 Å². The number of Topliss-reactive ketones (excluding diaryl/α,β-unsaturated/α-hetero) is 1. The Morgan fingerprint density at radius 1 is 1.35 bits per heavy atom. The molecule has 0 aliphatic heterocycles. The van der Waals surface area contributed by atoms with E-state index in [0.717, 1.165) is 11.0 Å². The SMILES string of the molecule is O=C(CSc1nnc(C2CC2)n1C1CC1)c1ccc[nH]1. The highest BCUT2D eigenvalue weighted by Gasteiger charge is 2.36. The molecule has 6 heteroatoms. The number of hydrogen-bond acceptors (Lipinski definition) is 4. The molecule has 0 amide bonds. The van der Waals surface area contributed by atoms with E-state index in [9.17, 15) is 4.79 Å². The van der Waals surface area contributed by atoms with Crippen molar-refractivity contribution in [3.05, 3.63) is 29.8 Å². The van der Waals surface area contributed by atoms with Gasteiger partial charge in [-0.3, -0.25) is 4.79 Å². The van der Waals surface area contributed by atoms with E-state index in [1.807, 2.05) is 12.1 Å². The fourth-order valence-electron chi connectivity index (χ4n) is 2.39. The van der Waals surface area contributed by atoms with E-state index in [1.165, 1.54) is 37.4 Å². The molecule has 0 bridgehead atoms. The molecule has 2 saturated carbocycles. The minimum atomic E-state index is 0.110. The Morgan fingerprint density at radius 3 is 2.85 bits per heavy atom. The highest BCUT2D eigenvalue weighted by Crippen LogP contribution is 2.45. The first-order chi connectivity index (χ1) is 9.83. The number of nitrogens with zero attached hydrogens (tertiary/aromatic N) is 3. The summed E-state index contributed by atoms with van der Waals surface area (Å²) in [6, 6.07) is 4.23. The summed E-state index contributed by atoms with van der Waals surface area (Å²) in [5, 5.41) is 9.57. The molecule has 0 spiro atoms. The van der Waals surface area contributed by atoms with E-state index in [4.69, 9.17) is 0 Å². The monoisotopic (exact) mass is 288 g/mol. The third kappa shape index (κ3) is 2.28. The largest absolute Gasteiger partial charge is 0.359 e. The molecule has 0 atom stereocenters. The van der Waals surface area contributed by atoms with Gasteiger partial charge in [-0.25, -0.2) is 0 Å². The molecule has 0 saturated heterocycles. The molecule has 2 heterocycles. The van der Waals surface area contributed by atoms with Gasteiger partial charge in [-0.15, -0.1) is 10.2 Å². The normalized spacial score (nSPS) is 18.4. The Kier molecular flexibility index (Phi) is 2.91. The summed E-state index contributed by atoms with van der Waals surface area (Å²) >= 11 is 1.51. The van der Waals surface area contributed by atoms with Crippen LogP contribution in [0.5, 0.6) is 0 Å². The molecule has 4 rings (SSSR count). The molecule has 0 unspecified atom stereocenters. The van der Waals surface area contributed by atoms with E-state index in [1.54, 1.807) is 6.20 Å². The van der Waals surface area contributed by atoms with Gasteiger partial charge in [0.1, 0.15) is 5.82 Å². The van der Waals surface area contributed by atoms with Crippen molar-refractivity contribution in [1.82, 2.24) is 19.7 Å². The van der Waals surface area contributed by atoms with E-state index in [0.29, 0.717) is 23.4 Å². The molecule has 0 radical (unpaired) electrons. The van der Waals surface area contributed by atoms with Crippen molar-refractivity contribution < 1.29 is 4.79 Å². The summed E-state index contributed by atoms with van der Waals surface area (Å²) in [6.07, 6.45) is 6.68. The van der Waals surface area contributed by atoms with E-state index >= 15 is 0 Å². The molecule has 20 heavy (non-hydrogen) atoms. The minimum Gasteiger partial charge on any atom is -0.359 e. The maximum atomic E-state index is 12.0.